The molecule has 0 aliphatic carbocycles. The molecule has 0 saturated heterocycles. The Hall–Kier alpha value is -1.16. The molecule has 0 bridgehead atoms. The van der Waals surface area contributed by atoms with Crippen molar-refractivity contribution in [2.75, 3.05) is 5.75 Å². The van der Waals surface area contributed by atoms with Gasteiger partial charge in [-0.1, -0.05) is 17.7 Å². The molecule has 0 radical (unpaired) electrons. The Morgan fingerprint density at radius 1 is 1.40 bits per heavy atom. The minimum Gasteiger partial charge on any atom is -0.223 e. The highest BCUT2D eigenvalue weighted by atomic mass is 32.2. The quantitative estimate of drug-likeness (QED) is 0.745. The second-order valence-corrected chi connectivity index (χ2v) is 5.55. The summed E-state index contributed by atoms with van der Waals surface area (Å²) in [4.78, 5) is 0.0278. The minimum atomic E-state index is -3.39. The van der Waals surface area contributed by atoms with E-state index < -0.39 is 15.7 Å². The fourth-order valence-electron chi connectivity index (χ4n) is 1.03. The summed E-state index contributed by atoms with van der Waals surface area (Å²) in [6.45, 7) is 3.64. The summed E-state index contributed by atoms with van der Waals surface area (Å²) in [7, 11) is -3.39. The third-order valence-corrected chi connectivity index (χ3v) is 3.44. The average Bonchev–Trinajstić information content (AvgIpc) is 2.15. The number of halogens is 1. The van der Waals surface area contributed by atoms with Gasteiger partial charge in [0.15, 0.2) is 9.84 Å². The van der Waals surface area contributed by atoms with E-state index in [-0.39, 0.29) is 10.6 Å². The van der Waals surface area contributed by atoms with Gasteiger partial charge in [-0.2, -0.15) is 0 Å². The van der Waals surface area contributed by atoms with Gasteiger partial charge >= 0.3 is 0 Å². The molecular weight excluding hydrogens is 215 g/mol. The van der Waals surface area contributed by atoms with E-state index in [1.54, 1.807) is 6.08 Å². The topological polar surface area (TPSA) is 34.1 Å². The van der Waals surface area contributed by atoms with Gasteiger partial charge in [-0.3, -0.25) is 0 Å². The van der Waals surface area contributed by atoms with Crippen molar-refractivity contribution >= 4 is 9.84 Å². The van der Waals surface area contributed by atoms with E-state index in [0.29, 0.717) is 0 Å². The van der Waals surface area contributed by atoms with Gasteiger partial charge in [-0.05, 0) is 32.0 Å². The lowest BCUT2D eigenvalue weighted by Crippen LogP contribution is -2.05. The molecule has 0 N–H and O–H groups in total. The summed E-state index contributed by atoms with van der Waals surface area (Å²) in [6.07, 6.45) is 1.61. The van der Waals surface area contributed by atoms with Crippen molar-refractivity contribution in [3.05, 3.63) is 41.7 Å². The molecule has 1 aromatic rings. The Kier molecular flexibility index (Phi) is 3.63. The summed E-state index contributed by atoms with van der Waals surface area (Å²) in [6, 6.07) is 5.05. The van der Waals surface area contributed by atoms with Gasteiger partial charge in [0.05, 0.1) is 10.6 Å². The van der Waals surface area contributed by atoms with Crippen LogP contribution in [0.3, 0.4) is 0 Å². The SMILES string of the molecule is CC(C)=CCS(=O)(=O)c1cccc(F)c1. The first kappa shape index (κ1) is 11.9. The van der Waals surface area contributed by atoms with E-state index in [0.717, 1.165) is 11.6 Å². The van der Waals surface area contributed by atoms with Gasteiger partial charge in [0.1, 0.15) is 5.82 Å². The molecule has 0 aromatic heterocycles. The van der Waals surface area contributed by atoms with E-state index in [4.69, 9.17) is 0 Å². The van der Waals surface area contributed by atoms with Gasteiger partial charge in [0.2, 0.25) is 0 Å². The average molecular weight is 228 g/mol. The molecule has 15 heavy (non-hydrogen) atoms. The van der Waals surface area contributed by atoms with Gasteiger partial charge in [-0.25, -0.2) is 12.8 Å². The fourth-order valence-corrected chi connectivity index (χ4v) is 2.36. The normalized spacial score (nSPS) is 11.1. The number of sulfone groups is 1. The van der Waals surface area contributed by atoms with Crippen molar-refractivity contribution in [3.63, 3.8) is 0 Å². The monoisotopic (exact) mass is 228 g/mol. The summed E-state index contributed by atoms with van der Waals surface area (Å²) in [5, 5.41) is 0. The van der Waals surface area contributed by atoms with Crippen molar-refractivity contribution in [3.8, 4) is 0 Å². The number of hydrogen-bond acceptors (Lipinski definition) is 2. The van der Waals surface area contributed by atoms with Crippen molar-refractivity contribution in [2.24, 2.45) is 0 Å². The van der Waals surface area contributed by atoms with Crippen LogP contribution in [-0.4, -0.2) is 14.2 Å². The van der Waals surface area contributed by atoms with E-state index in [2.05, 4.69) is 0 Å². The Morgan fingerprint density at radius 2 is 2.07 bits per heavy atom. The molecule has 0 aliphatic rings. The Labute approximate surface area is 89.4 Å². The molecule has 4 heteroatoms. The van der Waals surface area contributed by atoms with E-state index in [9.17, 15) is 12.8 Å². The lowest BCUT2D eigenvalue weighted by Gasteiger charge is -2.01. The number of hydrogen-bond donors (Lipinski definition) is 0. The van der Waals surface area contributed by atoms with E-state index in [1.807, 2.05) is 13.8 Å². The zero-order valence-corrected chi connectivity index (χ0v) is 9.51. The van der Waals surface area contributed by atoms with Crippen LogP contribution in [0.4, 0.5) is 4.39 Å². The molecule has 0 aliphatic heterocycles. The minimum absolute atomic E-state index is 0.0278. The van der Waals surface area contributed by atoms with Crippen LogP contribution in [0.1, 0.15) is 13.8 Å². The zero-order valence-electron chi connectivity index (χ0n) is 8.70. The standard InChI is InChI=1S/C11H13FO2S/c1-9(2)6-7-15(13,14)11-5-3-4-10(12)8-11/h3-6,8H,7H2,1-2H3. The Bertz CT molecular complexity index is 471. The molecule has 0 amide bonds. The number of allylic oxidation sites excluding steroid dienone is 1. The van der Waals surface area contributed by atoms with Gasteiger partial charge in [0, 0.05) is 0 Å². The highest BCUT2D eigenvalue weighted by molar-refractivity contribution is 7.91. The highest BCUT2D eigenvalue weighted by Crippen LogP contribution is 2.13. The second-order valence-electron chi connectivity index (χ2n) is 3.52. The molecule has 1 aromatic carbocycles. The first-order valence-corrected chi connectivity index (χ1v) is 6.19. The number of rotatable bonds is 3. The van der Waals surface area contributed by atoms with Crippen LogP contribution in [0.5, 0.6) is 0 Å². The molecule has 82 valence electrons. The Balaban J connectivity index is 3.02. The van der Waals surface area contributed by atoms with Crippen LogP contribution in [-0.2, 0) is 9.84 Å². The molecular formula is C11H13FO2S. The van der Waals surface area contributed by atoms with Gasteiger partial charge in [0.25, 0.3) is 0 Å². The fraction of sp³-hybridized carbons (Fsp3) is 0.273. The summed E-state index contributed by atoms with van der Waals surface area (Å²) < 4.78 is 36.2. The molecule has 0 saturated carbocycles. The van der Waals surface area contributed by atoms with Crippen LogP contribution in [0, 0.1) is 5.82 Å². The largest absolute Gasteiger partial charge is 0.223 e. The van der Waals surface area contributed by atoms with Crippen LogP contribution in [0.25, 0.3) is 0 Å². The molecule has 0 heterocycles. The zero-order chi connectivity index (χ0) is 11.5. The third-order valence-electron chi connectivity index (χ3n) is 1.87. The predicted molar refractivity (Wildman–Crippen MR) is 57.9 cm³/mol. The number of benzene rings is 1. The van der Waals surface area contributed by atoms with E-state index >= 15 is 0 Å². The highest BCUT2D eigenvalue weighted by Gasteiger charge is 2.12. The van der Waals surface area contributed by atoms with Gasteiger partial charge < -0.3 is 0 Å². The smallest absolute Gasteiger partial charge is 0.182 e. The van der Waals surface area contributed by atoms with Crippen molar-refractivity contribution in [1.82, 2.24) is 0 Å². The molecule has 2 nitrogen and oxygen atoms in total. The Morgan fingerprint density at radius 3 is 2.60 bits per heavy atom. The first-order valence-electron chi connectivity index (χ1n) is 4.53. The van der Waals surface area contributed by atoms with Crippen molar-refractivity contribution in [2.45, 2.75) is 18.7 Å². The van der Waals surface area contributed by atoms with Crippen LogP contribution < -0.4 is 0 Å². The summed E-state index contributed by atoms with van der Waals surface area (Å²) in [5.74, 6) is -0.619. The molecule has 0 unspecified atom stereocenters. The maximum absolute atomic E-state index is 12.8. The molecule has 0 spiro atoms. The lowest BCUT2D eigenvalue weighted by molar-refractivity contribution is 0.593. The van der Waals surface area contributed by atoms with E-state index in [1.165, 1.54) is 18.2 Å². The molecule has 1 rings (SSSR count). The summed E-state index contributed by atoms with van der Waals surface area (Å²) >= 11 is 0. The second kappa shape index (κ2) is 4.57. The predicted octanol–water partition coefficient (Wildman–Crippen LogP) is 2.57. The van der Waals surface area contributed by atoms with Crippen molar-refractivity contribution < 1.29 is 12.8 Å². The molecule has 0 atom stereocenters. The first-order chi connectivity index (χ1) is 6.92. The summed E-state index contributed by atoms with van der Waals surface area (Å²) in [5.41, 5.74) is 0.926. The maximum Gasteiger partial charge on any atom is 0.182 e. The maximum atomic E-state index is 12.8. The van der Waals surface area contributed by atoms with Gasteiger partial charge in [-0.15, -0.1) is 0 Å². The third kappa shape index (κ3) is 3.47. The lowest BCUT2D eigenvalue weighted by atomic mass is 10.3. The molecule has 0 fully saturated rings. The van der Waals surface area contributed by atoms with Crippen LogP contribution in [0.15, 0.2) is 40.8 Å². The van der Waals surface area contributed by atoms with Crippen molar-refractivity contribution in [1.29, 1.82) is 0 Å². The van der Waals surface area contributed by atoms with Crippen LogP contribution in [0.2, 0.25) is 0 Å². The van der Waals surface area contributed by atoms with Crippen LogP contribution >= 0.6 is 0 Å².